The summed E-state index contributed by atoms with van der Waals surface area (Å²) < 4.78 is 1.69. The van der Waals surface area contributed by atoms with Gasteiger partial charge in [0.15, 0.2) is 5.82 Å². The SMILES string of the molecule is Cc1ccc(-n2nnc(-c3c(C)cc(C)cc3C)c2N)cc1. The second-order valence-corrected chi connectivity index (χ2v) is 5.84. The molecule has 0 atom stereocenters. The highest BCUT2D eigenvalue weighted by Crippen LogP contribution is 2.31. The van der Waals surface area contributed by atoms with Gasteiger partial charge in [0.1, 0.15) is 5.69 Å². The van der Waals surface area contributed by atoms with Crippen molar-refractivity contribution in [3.8, 4) is 16.9 Å². The molecule has 1 aromatic heterocycles. The highest BCUT2D eigenvalue weighted by atomic mass is 15.5. The molecule has 4 heteroatoms. The van der Waals surface area contributed by atoms with Crippen LogP contribution in [-0.4, -0.2) is 15.0 Å². The Morgan fingerprint density at radius 1 is 0.864 bits per heavy atom. The van der Waals surface area contributed by atoms with Gasteiger partial charge in [-0.3, -0.25) is 0 Å². The number of benzene rings is 2. The normalized spacial score (nSPS) is 10.9. The van der Waals surface area contributed by atoms with Crippen molar-refractivity contribution >= 4 is 5.82 Å². The first-order valence-corrected chi connectivity index (χ1v) is 7.34. The fourth-order valence-corrected chi connectivity index (χ4v) is 2.90. The van der Waals surface area contributed by atoms with Crippen LogP contribution < -0.4 is 5.73 Å². The maximum absolute atomic E-state index is 6.32. The van der Waals surface area contributed by atoms with Crippen LogP contribution in [0.4, 0.5) is 5.82 Å². The Labute approximate surface area is 130 Å². The first-order chi connectivity index (χ1) is 10.5. The van der Waals surface area contributed by atoms with Crippen LogP contribution in [0.2, 0.25) is 0 Å². The van der Waals surface area contributed by atoms with Gasteiger partial charge in [-0.2, -0.15) is 4.68 Å². The average Bonchev–Trinajstić information content (AvgIpc) is 2.81. The zero-order chi connectivity index (χ0) is 15.9. The van der Waals surface area contributed by atoms with E-state index in [1.807, 2.05) is 24.3 Å². The average molecular weight is 292 g/mol. The molecule has 0 aliphatic rings. The highest BCUT2D eigenvalue weighted by molar-refractivity contribution is 5.76. The van der Waals surface area contributed by atoms with Gasteiger partial charge in [-0.15, -0.1) is 5.10 Å². The van der Waals surface area contributed by atoms with E-state index in [2.05, 4.69) is 50.1 Å². The van der Waals surface area contributed by atoms with Gasteiger partial charge >= 0.3 is 0 Å². The van der Waals surface area contributed by atoms with Crippen molar-refractivity contribution in [2.75, 3.05) is 5.73 Å². The number of anilines is 1. The summed E-state index contributed by atoms with van der Waals surface area (Å²) in [6.45, 7) is 8.31. The molecule has 2 aromatic carbocycles. The van der Waals surface area contributed by atoms with Gasteiger partial charge in [0.25, 0.3) is 0 Å². The Bertz CT molecular complexity index is 806. The van der Waals surface area contributed by atoms with Gasteiger partial charge in [-0.1, -0.05) is 40.6 Å². The van der Waals surface area contributed by atoms with Crippen molar-refractivity contribution in [2.45, 2.75) is 27.7 Å². The number of aryl methyl sites for hydroxylation is 4. The molecule has 0 bridgehead atoms. The Morgan fingerprint density at radius 2 is 1.45 bits per heavy atom. The summed E-state index contributed by atoms with van der Waals surface area (Å²) in [5.41, 5.74) is 13.8. The van der Waals surface area contributed by atoms with Gasteiger partial charge in [0.2, 0.25) is 0 Å². The Hall–Kier alpha value is -2.62. The summed E-state index contributed by atoms with van der Waals surface area (Å²) in [5.74, 6) is 0.568. The lowest BCUT2D eigenvalue weighted by Gasteiger charge is -2.10. The van der Waals surface area contributed by atoms with E-state index >= 15 is 0 Å². The van der Waals surface area contributed by atoms with E-state index in [-0.39, 0.29) is 0 Å². The molecule has 0 spiro atoms. The molecule has 0 aliphatic heterocycles. The van der Waals surface area contributed by atoms with Crippen LogP contribution in [0, 0.1) is 27.7 Å². The van der Waals surface area contributed by atoms with Crippen LogP contribution in [0.25, 0.3) is 16.9 Å². The third kappa shape index (κ3) is 2.37. The Balaban J connectivity index is 2.14. The van der Waals surface area contributed by atoms with Crippen molar-refractivity contribution in [1.29, 1.82) is 0 Å². The van der Waals surface area contributed by atoms with E-state index in [0.717, 1.165) is 16.9 Å². The zero-order valence-corrected chi connectivity index (χ0v) is 13.4. The van der Waals surface area contributed by atoms with Crippen molar-refractivity contribution in [3.05, 3.63) is 58.7 Å². The van der Waals surface area contributed by atoms with E-state index < -0.39 is 0 Å². The van der Waals surface area contributed by atoms with Crippen LogP contribution in [-0.2, 0) is 0 Å². The monoisotopic (exact) mass is 292 g/mol. The summed E-state index contributed by atoms with van der Waals surface area (Å²) in [7, 11) is 0. The number of aromatic nitrogens is 3. The van der Waals surface area contributed by atoms with Gasteiger partial charge in [0.05, 0.1) is 5.69 Å². The fraction of sp³-hybridized carbons (Fsp3) is 0.222. The summed E-state index contributed by atoms with van der Waals surface area (Å²) >= 11 is 0. The minimum absolute atomic E-state index is 0.568. The summed E-state index contributed by atoms with van der Waals surface area (Å²) in [4.78, 5) is 0. The molecular weight excluding hydrogens is 272 g/mol. The third-order valence-corrected chi connectivity index (χ3v) is 3.90. The number of hydrogen-bond donors (Lipinski definition) is 1. The largest absolute Gasteiger partial charge is 0.382 e. The number of nitrogens with zero attached hydrogens (tertiary/aromatic N) is 3. The molecule has 112 valence electrons. The number of nitrogens with two attached hydrogens (primary N) is 1. The highest BCUT2D eigenvalue weighted by Gasteiger charge is 2.17. The summed E-state index contributed by atoms with van der Waals surface area (Å²) in [6.07, 6.45) is 0. The maximum Gasteiger partial charge on any atom is 0.155 e. The quantitative estimate of drug-likeness (QED) is 0.782. The van der Waals surface area contributed by atoms with E-state index in [1.165, 1.54) is 22.3 Å². The van der Waals surface area contributed by atoms with E-state index in [4.69, 9.17) is 5.73 Å². The molecule has 0 fully saturated rings. The maximum atomic E-state index is 6.32. The lowest BCUT2D eigenvalue weighted by Crippen LogP contribution is -2.02. The minimum Gasteiger partial charge on any atom is -0.382 e. The Morgan fingerprint density at radius 3 is 2.05 bits per heavy atom. The molecule has 2 N–H and O–H groups in total. The molecule has 4 nitrogen and oxygen atoms in total. The zero-order valence-electron chi connectivity index (χ0n) is 13.4. The first kappa shape index (κ1) is 14.3. The number of nitrogen functional groups attached to an aromatic ring is 1. The predicted octanol–water partition coefficient (Wildman–Crippen LogP) is 3.75. The van der Waals surface area contributed by atoms with Gasteiger partial charge in [0, 0.05) is 5.56 Å². The second-order valence-electron chi connectivity index (χ2n) is 5.84. The number of hydrogen-bond acceptors (Lipinski definition) is 3. The van der Waals surface area contributed by atoms with Crippen molar-refractivity contribution in [2.24, 2.45) is 0 Å². The van der Waals surface area contributed by atoms with Crippen LogP contribution in [0.15, 0.2) is 36.4 Å². The first-order valence-electron chi connectivity index (χ1n) is 7.34. The van der Waals surface area contributed by atoms with Gasteiger partial charge in [-0.05, 0) is 51.0 Å². The van der Waals surface area contributed by atoms with Crippen LogP contribution >= 0.6 is 0 Å². The molecular formula is C18H20N4. The lowest BCUT2D eigenvalue weighted by molar-refractivity contribution is 0.810. The van der Waals surface area contributed by atoms with Crippen LogP contribution in [0.3, 0.4) is 0 Å². The molecule has 0 aliphatic carbocycles. The van der Waals surface area contributed by atoms with Gasteiger partial charge < -0.3 is 5.73 Å². The standard InChI is InChI=1S/C18H20N4/c1-11-5-7-15(8-6-11)22-18(19)17(20-21-22)16-13(3)9-12(2)10-14(16)4/h5-10H,19H2,1-4H3. The van der Waals surface area contributed by atoms with Crippen molar-refractivity contribution in [3.63, 3.8) is 0 Å². The van der Waals surface area contributed by atoms with Gasteiger partial charge in [-0.25, -0.2) is 0 Å². The molecule has 0 saturated carbocycles. The van der Waals surface area contributed by atoms with E-state index in [9.17, 15) is 0 Å². The molecule has 0 radical (unpaired) electrons. The smallest absolute Gasteiger partial charge is 0.155 e. The van der Waals surface area contributed by atoms with E-state index in [1.54, 1.807) is 4.68 Å². The van der Waals surface area contributed by atoms with Crippen molar-refractivity contribution in [1.82, 2.24) is 15.0 Å². The molecule has 22 heavy (non-hydrogen) atoms. The molecule has 1 heterocycles. The molecule has 0 unspecified atom stereocenters. The van der Waals surface area contributed by atoms with E-state index in [0.29, 0.717) is 5.82 Å². The number of rotatable bonds is 2. The fourth-order valence-electron chi connectivity index (χ4n) is 2.90. The summed E-state index contributed by atoms with van der Waals surface area (Å²) in [6, 6.07) is 12.4. The molecule has 0 saturated heterocycles. The molecule has 3 aromatic rings. The third-order valence-electron chi connectivity index (χ3n) is 3.90. The minimum atomic E-state index is 0.568. The molecule has 0 amide bonds. The topological polar surface area (TPSA) is 56.7 Å². The van der Waals surface area contributed by atoms with Crippen LogP contribution in [0.1, 0.15) is 22.3 Å². The predicted molar refractivity (Wildman–Crippen MR) is 90.2 cm³/mol. The molecule has 3 rings (SSSR count). The summed E-state index contributed by atoms with van der Waals surface area (Å²) in [5, 5.41) is 8.56. The Kier molecular flexibility index (Phi) is 3.45. The van der Waals surface area contributed by atoms with Crippen molar-refractivity contribution < 1.29 is 0 Å². The lowest BCUT2D eigenvalue weighted by atomic mass is 9.97. The second kappa shape index (κ2) is 5.30. The van der Waals surface area contributed by atoms with Crippen LogP contribution in [0.5, 0.6) is 0 Å².